The van der Waals surface area contributed by atoms with Gasteiger partial charge in [0.05, 0.1) is 22.3 Å². The smallest absolute Gasteiger partial charge is 0.319 e. The zero-order chi connectivity index (χ0) is 20.3. The molecule has 1 aliphatic carbocycles. The summed E-state index contributed by atoms with van der Waals surface area (Å²) in [6, 6.07) is 3.95. The first kappa shape index (κ1) is 18.1. The summed E-state index contributed by atoms with van der Waals surface area (Å²) in [7, 11) is 0. The maximum Gasteiger partial charge on any atom is 0.319 e. The lowest BCUT2D eigenvalue weighted by atomic mass is 9.74. The van der Waals surface area contributed by atoms with Crippen LogP contribution in [-0.4, -0.2) is 23.3 Å². The van der Waals surface area contributed by atoms with Crippen molar-refractivity contribution in [3.8, 4) is 0 Å². The highest BCUT2D eigenvalue weighted by atomic mass is 35.5. The maximum absolute atomic E-state index is 12.4. The van der Waals surface area contributed by atoms with E-state index < -0.39 is 5.54 Å². The number of urea groups is 1. The van der Waals surface area contributed by atoms with Gasteiger partial charge in [-0.05, 0) is 37.0 Å². The number of halogens is 1. The molecule has 3 aromatic rings. The molecule has 1 spiro atoms. The van der Waals surface area contributed by atoms with Crippen LogP contribution in [0.25, 0.3) is 11.0 Å². The number of furan rings is 1. The molecule has 7 heteroatoms. The van der Waals surface area contributed by atoms with E-state index >= 15 is 0 Å². The van der Waals surface area contributed by atoms with Crippen LogP contribution >= 0.6 is 11.6 Å². The van der Waals surface area contributed by atoms with Crippen molar-refractivity contribution < 1.29 is 9.21 Å². The first-order valence-corrected chi connectivity index (χ1v) is 11.0. The van der Waals surface area contributed by atoms with Gasteiger partial charge >= 0.3 is 6.03 Å². The fourth-order valence-corrected chi connectivity index (χ4v) is 5.65. The highest BCUT2D eigenvalue weighted by Gasteiger charge is 2.43. The molecule has 6 rings (SSSR count). The lowest BCUT2D eigenvalue weighted by Crippen LogP contribution is -2.52. The second-order valence-electron chi connectivity index (χ2n) is 8.74. The highest BCUT2D eigenvalue weighted by molar-refractivity contribution is 6.35. The Morgan fingerprint density at radius 2 is 2.07 bits per heavy atom. The van der Waals surface area contributed by atoms with E-state index in [9.17, 15) is 4.79 Å². The van der Waals surface area contributed by atoms with Crippen molar-refractivity contribution in [3.05, 3.63) is 52.0 Å². The molecule has 1 unspecified atom stereocenters. The molecule has 1 saturated carbocycles. The third kappa shape index (κ3) is 2.77. The predicted molar refractivity (Wildman–Crippen MR) is 118 cm³/mol. The van der Waals surface area contributed by atoms with Crippen LogP contribution in [0.15, 0.2) is 33.9 Å². The highest BCUT2D eigenvalue weighted by Crippen LogP contribution is 2.49. The molecule has 6 nitrogen and oxygen atoms in total. The molecule has 2 aliphatic heterocycles. The van der Waals surface area contributed by atoms with E-state index in [0.29, 0.717) is 10.7 Å². The number of aromatic amines is 1. The molecule has 1 fully saturated rings. The number of aliphatic imine (C=N–C) groups is 1. The second-order valence-corrected chi connectivity index (χ2v) is 9.14. The third-order valence-corrected chi connectivity index (χ3v) is 7.07. The molecule has 3 aliphatic rings. The molecular weight excluding hydrogens is 400 g/mol. The summed E-state index contributed by atoms with van der Waals surface area (Å²) in [5.74, 6) is 0.901. The number of H-pyrrole nitrogens is 1. The first-order chi connectivity index (χ1) is 14.6. The molecule has 0 saturated heterocycles. The van der Waals surface area contributed by atoms with E-state index in [2.05, 4.69) is 21.7 Å². The first-order valence-electron chi connectivity index (χ1n) is 10.6. The summed E-state index contributed by atoms with van der Waals surface area (Å²) < 4.78 is 6.42. The number of rotatable bonds is 2. The average molecular weight is 423 g/mol. The number of carbonyl (C=O) groups is 1. The zero-order valence-corrected chi connectivity index (χ0v) is 17.3. The van der Waals surface area contributed by atoms with Gasteiger partial charge in [-0.25, -0.2) is 4.79 Å². The van der Waals surface area contributed by atoms with E-state index in [-0.39, 0.29) is 12.1 Å². The Morgan fingerprint density at radius 3 is 2.93 bits per heavy atom. The standard InChI is InChI=1S/C23H23ClN4O2/c24-18-8-13-7-17(9-16-6-14-10-25-11-15(14)12-26-16)30-21(13)19-20(18)27-22(29)28-23(19)4-2-1-3-5-23/h7-8,10-12,16,25H,1-6,9H2,(H2,27,28,29). The van der Waals surface area contributed by atoms with Crippen LogP contribution in [0.4, 0.5) is 10.5 Å². The van der Waals surface area contributed by atoms with Gasteiger partial charge in [0, 0.05) is 41.5 Å². The SMILES string of the molecule is O=C1Nc2c(Cl)cc3cc(CC4Cc5c[nH]cc5C=N4)oc3c2C2(CCCCC2)N1. The normalized spacial score (nSPS) is 21.9. The van der Waals surface area contributed by atoms with Gasteiger partial charge in [0.2, 0.25) is 0 Å². The van der Waals surface area contributed by atoms with E-state index in [1.165, 1.54) is 12.0 Å². The van der Waals surface area contributed by atoms with Crippen molar-refractivity contribution in [3.63, 3.8) is 0 Å². The quantitative estimate of drug-likeness (QED) is 0.524. The summed E-state index contributed by atoms with van der Waals surface area (Å²) in [5, 5.41) is 7.68. The zero-order valence-electron chi connectivity index (χ0n) is 16.6. The average Bonchev–Trinajstić information content (AvgIpc) is 3.34. The number of benzene rings is 1. The summed E-state index contributed by atoms with van der Waals surface area (Å²) in [6.45, 7) is 0. The molecular formula is C23H23ClN4O2. The van der Waals surface area contributed by atoms with Gasteiger partial charge in [-0.3, -0.25) is 4.99 Å². The van der Waals surface area contributed by atoms with Crippen LogP contribution < -0.4 is 10.6 Å². The fourth-order valence-electron chi connectivity index (χ4n) is 5.39. The minimum atomic E-state index is -0.406. The Kier molecular flexibility index (Phi) is 4.00. The van der Waals surface area contributed by atoms with Gasteiger partial charge in [-0.1, -0.05) is 30.9 Å². The Morgan fingerprint density at radius 1 is 1.20 bits per heavy atom. The summed E-state index contributed by atoms with van der Waals surface area (Å²) >= 11 is 6.62. The van der Waals surface area contributed by atoms with Gasteiger partial charge in [0.25, 0.3) is 0 Å². The van der Waals surface area contributed by atoms with Crippen molar-refractivity contribution in [2.75, 3.05) is 5.32 Å². The molecule has 30 heavy (non-hydrogen) atoms. The number of amides is 2. The van der Waals surface area contributed by atoms with Crippen molar-refractivity contribution in [1.82, 2.24) is 10.3 Å². The van der Waals surface area contributed by atoms with Crippen molar-refractivity contribution in [1.29, 1.82) is 0 Å². The Hall–Kier alpha value is -2.73. The third-order valence-electron chi connectivity index (χ3n) is 6.77. The Balaban J connectivity index is 1.41. The van der Waals surface area contributed by atoms with Crippen LogP contribution in [0.2, 0.25) is 5.02 Å². The van der Waals surface area contributed by atoms with E-state index in [4.69, 9.17) is 21.0 Å². The number of anilines is 1. The molecule has 4 heterocycles. The molecule has 2 amide bonds. The van der Waals surface area contributed by atoms with Crippen LogP contribution in [0.5, 0.6) is 0 Å². The summed E-state index contributed by atoms with van der Waals surface area (Å²) in [5.41, 5.74) is 4.59. The van der Waals surface area contributed by atoms with Crippen LogP contribution in [0.1, 0.15) is 54.6 Å². The number of hydrogen-bond acceptors (Lipinski definition) is 3. The second kappa shape index (κ2) is 6.64. The summed E-state index contributed by atoms with van der Waals surface area (Å²) in [6.07, 6.45) is 12.8. The number of carbonyl (C=O) groups excluding carboxylic acids is 1. The van der Waals surface area contributed by atoms with E-state index in [1.807, 2.05) is 24.7 Å². The van der Waals surface area contributed by atoms with Gasteiger partial charge in [-0.2, -0.15) is 0 Å². The number of nitrogens with zero attached hydrogens (tertiary/aromatic N) is 1. The predicted octanol–water partition coefficient (Wildman–Crippen LogP) is 5.30. The number of nitrogens with one attached hydrogen (secondary N) is 3. The van der Waals surface area contributed by atoms with Crippen LogP contribution in [0.3, 0.4) is 0 Å². The van der Waals surface area contributed by atoms with Crippen molar-refractivity contribution in [2.45, 2.75) is 56.5 Å². The maximum atomic E-state index is 12.4. The molecule has 3 N–H and O–H groups in total. The number of fused-ring (bicyclic) bond motifs is 5. The molecule has 2 aromatic heterocycles. The molecule has 1 aromatic carbocycles. The van der Waals surface area contributed by atoms with Gasteiger partial charge in [0.1, 0.15) is 11.3 Å². The topological polar surface area (TPSA) is 82.4 Å². The molecule has 1 atom stereocenters. The lowest BCUT2D eigenvalue weighted by Gasteiger charge is -2.42. The molecule has 0 radical (unpaired) electrons. The van der Waals surface area contributed by atoms with Crippen LogP contribution in [0, 0.1) is 0 Å². The Labute approximate surface area is 179 Å². The fraction of sp³-hybridized carbons (Fsp3) is 0.391. The monoisotopic (exact) mass is 422 g/mol. The lowest BCUT2D eigenvalue weighted by molar-refractivity contribution is 0.209. The van der Waals surface area contributed by atoms with E-state index in [1.54, 1.807) is 0 Å². The van der Waals surface area contributed by atoms with Crippen molar-refractivity contribution in [2.24, 2.45) is 4.99 Å². The van der Waals surface area contributed by atoms with E-state index in [0.717, 1.165) is 66.4 Å². The minimum absolute atomic E-state index is 0.154. The number of aromatic nitrogens is 1. The Bertz CT molecular complexity index is 1190. The van der Waals surface area contributed by atoms with Crippen molar-refractivity contribution >= 4 is 40.5 Å². The largest absolute Gasteiger partial charge is 0.461 e. The summed E-state index contributed by atoms with van der Waals surface area (Å²) in [4.78, 5) is 20.3. The van der Waals surface area contributed by atoms with Gasteiger partial charge < -0.3 is 20.0 Å². The number of hydrogen-bond donors (Lipinski definition) is 3. The molecule has 0 bridgehead atoms. The van der Waals surface area contributed by atoms with Gasteiger partial charge in [-0.15, -0.1) is 0 Å². The minimum Gasteiger partial charge on any atom is -0.461 e. The van der Waals surface area contributed by atoms with Gasteiger partial charge in [0.15, 0.2) is 0 Å². The molecule has 154 valence electrons. The van der Waals surface area contributed by atoms with Crippen LogP contribution in [-0.2, 0) is 18.4 Å².